The van der Waals surface area contributed by atoms with Crippen molar-refractivity contribution in [2.45, 2.75) is 58.7 Å². The summed E-state index contributed by atoms with van der Waals surface area (Å²) in [4.78, 5) is 51.6. The van der Waals surface area contributed by atoms with Crippen LogP contribution in [0.5, 0.6) is 0 Å². The van der Waals surface area contributed by atoms with Crippen LogP contribution < -0.4 is 10.6 Å². The third kappa shape index (κ3) is 10.2. The molecule has 0 aliphatic heterocycles. The quantitative estimate of drug-likeness (QED) is 0.382. The first-order valence-corrected chi connectivity index (χ1v) is 11.5. The molecule has 1 aromatic rings. The minimum atomic E-state index is -1.14. The van der Waals surface area contributed by atoms with Gasteiger partial charge in [-0.2, -0.15) is 0 Å². The lowest BCUT2D eigenvalue weighted by atomic mass is 10.0. The molecular weight excluding hydrogens is 454 g/mol. The van der Waals surface area contributed by atoms with E-state index in [1.165, 1.54) is 11.8 Å². The molecule has 2 atom stereocenters. The van der Waals surface area contributed by atoms with Crippen molar-refractivity contribution in [3.8, 4) is 0 Å². The SMILES string of the molecule is C=Cc1cccc(C(C(=O)NCCC(=O)OCC)N(CCO)C(=O)C(C)NC(=O)OC(C)(C)C)c1. The first kappa shape index (κ1) is 29.6. The first-order chi connectivity index (χ1) is 16.4. The molecule has 10 nitrogen and oxygen atoms in total. The predicted octanol–water partition coefficient (Wildman–Crippen LogP) is 2.17. The number of rotatable bonds is 12. The summed E-state index contributed by atoms with van der Waals surface area (Å²) in [7, 11) is 0. The van der Waals surface area contributed by atoms with Gasteiger partial charge in [0.25, 0.3) is 0 Å². The van der Waals surface area contributed by atoms with E-state index in [1.54, 1.807) is 58.0 Å². The molecule has 0 spiro atoms. The summed E-state index contributed by atoms with van der Waals surface area (Å²) >= 11 is 0. The first-order valence-electron chi connectivity index (χ1n) is 11.5. The summed E-state index contributed by atoms with van der Waals surface area (Å²) in [6.07, 6.45) is 0.777. The van der Waals surface area contributed by atoms with Gasteiger partial charge in [0, 0.05) is 13.1 Å². The van der Waals surface area contributed by atoms with Gasteiger partial charge in [-0.25, -0.2) is 4.79 Å². The molecule has 3 N–H and O–H groups in total. The highest BCUT2D eigenvalue weighted by molar-refractivity contribution is 5.92. The Morgan fingerprint density at radius 1 is 1.23 bits per heavy atom. The smallest absolute Gasteiger partial charge is 0.408 e. The molecule has 0 saturated heterocycles. The van der Waals surface area contributed by atoms with Crippen molar-refractivity contribution >= 4 is 30.0 Å². The second kappa shape index (κ2) is 14.1. The van der Waals surface area contributed by atoms with Gasteiger partial charge in [0.1, 0.15) is 17.7 Å². The maximum Gasteiger partial charge on any atom is 0.408 e. The molecule has 0 fully saturated rings. The second-order valence-corrected chi connectivity index (χ2v) is 8.75. The van der Waals surface area contributed by atoms with Crippen LogP contribution in [0.1, 0.15) is 58.2 Å². The van der Waals surface area contributed by atoms with E-state index in [-0.39, 0.29) is 26.1 Å². The number of aliphatic hydroxyl groups excluding tert-OH is 1. The van der Waals surface area contributed by atoms with Crippen molar-refractivity contribution in [2.24, 2.45) is 0 Å². The molecule has 0 heterocycles. The normalized spacial score (nSPS) is 12.6. The van der Waals surface area contributed by atoms with Gasteiger partial charge in [-0.3, -0.25) is 14.4 Å². The molecule has 0 aliphatic rings. The number of amides is 3. The molecule has 3 amide bonds. The molecule has 0 bridgehead atoms. The van der Waals surface area contributed by atoms with Crippen molar-refractivity contribution in [3.05, 3.63) is 42.0 Å². The third-order valence-electron chi connectivity index (χ3n) is 4.68. The highest BCUT2D eigenvalue weighted by atomic mass is 16.6. The standard InChI is InChI=1S/C25H37N3O7/c1-7-18-10-9-11-19(16-18)21(22(31)26-13-12-20(30)34-8-2)28(14-15-29)23(32)17(3)27-24(33)35-25(4,5)6/h7,9-11,16-17,21,29H,1,8,12-15H2,2-6H3,(H,26,31)(H,27,33). The molecule has 0 aliphatic carbocycles. The Morgan fingerprint density at radius 2 is 1.91 bits per heavy atom. The molecule has 0 aromatic heterocycles. The minimum Gasteiger partial charge on any atom is -0.466 e. The summed E-state index contributed by atoms with van der Waals surface area (Å²) in [5.74, 6) is -1.61. The van der Waals surface area contributed by atoms with Crippen LogP contribution in [-0.2, 0) is 23.9 Å². The largest absolute Gasteiger partial charge is 0.466 e. The lowest BCUT2D eigenvalue weighted by Gasteiger charge is -2.33. The van der Waals surface area contributed by atoms with E-state index in [0.29, 0.717) is 5.56 Å². The van der Waals surface area contributed by atoms with Gasteiger partial charge in [-0.1, -0.05) is 30.9 Å². The highest BCUT2D eigenvalue weighted by Gasteiger charge is 2.34. The average molecular weight is 492 g/mol. The number of hydrogen-bond acceptors (Lipinski definition) is 7. The number of nitrogens with zero attached hydrogens (tertiary/aromatic N) is 1. The third-order valence-corrected chi connectivity index (χ3v) is 4.68. The van der Waals surface area contributed by atoms with Crippen molar-refractivity contribution < 1.29 is 33.8 Å². The van der Waals surface area contributed by atoms with Crippen LogP contribution in [0.4, 0.5) is 4.79 Å². The molecular formula is C25H37N3O7. The molecule has 0 radical (unpaired) electrons. The molecule has 35 heavy (non-hydrogen) atoms. The maximum absolute atomic E-state index is 13.3. The fraction of sp³-hybridized carbons (Fsp3) is 0.520. The van der Waals surface area contributed by atoms with E-state index < -0.39 is 48.2 Å². The highest BCUT2D eigenvalue weighted by Crippen LogP contribution is 2.24. The number of esters is 1. The molecule has 194 valence electrons. The van der Waals surface area contributed by atoms with E-state index in [0.717, 1.165) is 5.56 Å². The van der Waals surface area contributed by atoms with Crippen molar-refractivity contribution in [2.75, 3.05) is 26.3 Å². The zero-order chi connectivity index (χ0) is 26.6. The van der Waals surface area contributed by atoms with Gasteiger partial charge in [0.05, 0.1) is 19.6 Å². The number of carbonyl (C=O) groups is 4. The lowest BCUT2D eigenvalue weighted by molar-refractivity contribution is -0.144. The van der Waals surface area contributed by atoms with Gasteiger partial charge >= 0.3 is 12.1 Å². The average Bonchev–Trinajstić information content (AvgIpc) is 2.77. The molecule has 1 aromatic carbocycles. The van der Waals surface area contributed by atoms with E-state index in [9.17, 15) is 24.3 Å². The topological polar surface area (TPSA) is 134 Å². The Hall–Kier alpha value is -3.40. The summed E-state index contributed by atoms with van der Waals surface area (Å²) in [6.45, 7) is 11.6. The number of hydrogen-bond donors (Lipinski definition) is 3. The van der Waals surface area contributed by atoms with Crippen molar-refractivity contribution in [1.29, 1.82) is 0 Å². The number of benzene rings is 1. The Bertz CT molecular complexity index is 895. The Kier molecular flexibility index (Phi) is 11.9. The summed E-state index contributed by atoms with van der Waals surface area (Å²) in [6, 6.07) is 4.69. The number of nitrogens with one attached hydrogen (secondary N) is 2. The Morgan fingerprint density at radius 3 is 2.49 bits per heavy atom. The summed E-state index contributed by atoms with van der Waals surface area (Å²) < 4.78 is 10.1. The lowest BCUT2D eigenvalue weighted by Crippen LogP contribution is -2.52. The van der Waals surface area contributed by atoms with Gasteiger partial charge in [-0.05, 0) is 51.8 Å². The van der Waals surface area contributed by atoms with E-state index >= 15 is 0 Å². The second-order valence-electron chi connectivity index (χ2n) is 8.75. The van der Waals surface area contributed by atoms with Gasteiger partial charge in [-0.15, -0.1) is 0 Å². The Balaban J connectivity index is 3.22. The van der Waals surface area contributed by atoms with Crippen LogP contribution in [0.15, 0.2) is 30.8 Å². The van der Waals surface area contributed by atoms with Crippen molar-refractivity contribution in [3.63, 3.8) is 0 Å². The number of ether oxygens (including phenoxy) is 2. The number of alkyl carbamates (subject to hydrolysis) is 1. The number of carbonyl (C=O) groups excluding carboxylic acids is 4. The Labute approximate surface area is 206 Å². The van der Waals surface area contributed by atoms with E-state index in [4.69, 9.17) is 9.47 Å². The molecule has 2 unspecified atom stereocenters. The fourth-order valence-corrected chi connectivity index (χ4v) is 3.22. The monoisotopic (exact) mass is 491 g/mol. The van der Waals surface area contributed by atoms with E-state index in [1.807, 2.05) is 0 Å². The molecule has 10 heteroatoms. The summed E-state index contributed by atoms with van der Waals surface area (Å²) in [5.41, 5.74) is 0.440. The van der Waals surface area contributed by atoms with Crippen LogP contribution >= 0.6 is 0 Å². The molecule has 0 saturated carbocycles. The van der Waals surface area contributed by atoms with Gasteiger partial charge < -0.3 is 30.1 Å². The van der Waals surface area contributed by atoms with Crippen molar-refractivity contribution in [1.82, 2.24) is 15.5 Å². The van der Waals surface area contributed by atoms with Crippen LogP contribution in [0.3, 0.4) is 0 Å². The fourth-order valence-electron chi connectivity index (χ4n) is 3.22. The maximum atomic E-state index is 13.3. The molecule has 1 rings (SSSR count). The zero-order valence-electron chi connectivity index (χ0n) is 21.1. The van der Waals surface area contributed by atoms with E-state index in [2.05, 4.69) is 17.2 Å². The van der Waals surface area contributed by atoms with Crippen LogP contribution in [0.2, 0.25) is 0 Å². The van der Waals surface area contributed by atoms with Gasteiger partial charge in [0.15, 0.2) is 0 Å². The van der Waals surface area contributed by atoms with Crippen LogP contribution in [0.25, 0.3) is 6.08 Å². The predicted molar refractivity (Wildman–Crippen MR) is 131 cm³/mol. The number of aliphatic hydroxyl groups is 1. The summed E-state index contributed by atoms with van der Waals surface area (Å²) in [5, 5.41) is 14.8. The van der Waals surface area contributed by atoms with Crippen LogP contribution in [-0.4, -0.2) is 71.8 Å². The minimum absolute atomic E-state index is 0.00217. The van der Waals surface area contributed by atoms with Gasteiger partial charge in [0.2, 0.25) is 11.8 Å². The van der Waals surface area contributed by atoms with Crippen LogP contribution in [0, 0.1) is 0 Å². The zero-order valence-corrected chi connectivity index (χ0v) is 21.1.